The maximum absolute atomic E-state index is 5.66. The SMILES string of the molecule is CCCCCCCCC(I)CCCCCCCl. The van der Waals surface area contributed by atoms with Crippen molar-refractivity contribution in [1.29, 1.82) is 0 Å². The predicted molar refractivity (Wildman–Crippen MR) is 89.6 cm³/mol. The second-order valence-electron chi connectivity index (χ2n) is 5.05. The van der Waals surface area contributed by atoms with Gasteiger partial charge in [-0.2, -0.15) is 0 Å². The summed E-state index contributed by atoms with van der Waals surface area (Å²) < 4.78 is 0.912. The Morgan fingerprint density at radius 2 is 1.24 bits per heavy atom. The van der Waals surface area contributed by atoms with Crippen LogP contribution in [0.1, 0.15) is 84.0 Å². The van der Waals surface area contributed by atoms with Crippen LogP contribution >= 0.6 is 34.2 Å². The maximum Gasteiger partial charge on any atom is 0.0223 e. The molecule has 104 valence electrons. The summed E-state index contributed by atoms with van der Waals surface area (Å²) in [6.45, 7) is 2.28. The van der Waals surface area contributed by atoms with E-state index < -0.39 is 0 Å². The van der Waals surface area contributed by atoms with E-state index in [4.69, 9.17) is 11.6 Å². The highest BCUT2D eigenvalue weighted by Crippen LogP contribution is 2.19. The van der Waals surface area contributed by atoms with Crippen LogP contribution in [0.2, 0.25) is 0 Å². The summed E-state index contributed by atoms with van der Waals surface area (Å²) in [6, 6.07) is 0. The van der Waals surface area contributed by atoms with Crippen LogP contribution in [0, 0.1) is 0 Å². The fourth-order valence-corrected chi connectivity index (χ4v) is 3.17. The maximum atomic E-state index is 5.66. The van der Waals surface area contributed by atoms with Crippen molar-refractivity contribution in [3.8, 4) is 0 Å². The Kier molecular flexibility index (Phi) is 16.0. The minimum atomic E-state index is 0.839. The molecule has 0 aliphatic carbocycles. The molecule has 0 aromatic carbocycles. The van der Waals surface area contributed by atoms with Gasteiger partial charge < -0.3 is 0 Å². The molecule has 0 radical (unpaired) electrons. The molecule has 1 unspecified atom stereocenters. The summed E-state index contributed by atoms with van der Waals surface area (Å²) in [5.74, 6) is 0.839. The van der Waals surface area contributed by atoms with Crippen LogP contribution in [0.5, 0.6) is 0 Å². The number of rotatable bonds is 13. The lowest BCUT2D eigenvalue weighted by Crippen LogP contribution is -1.97. The highest BCUT2D eigenvalue weighted by Gasteiger charge is 2.03. The van der Waals surface area contributed by atoms with E-state index in [1.54, 1.807) is 0 Å². The van der Waals surface area contributed by atoms with Gasteiger partial charge in [0, 0.05) is 9.80 Å². The molecule has 0 nitrogen and oxygen atoms in total. The molecule has 0 aliphatic rings. The fraction of sp³-hybridized carbons (Fsp3) is 1.00. The summed E-state index contributed by atoms with van der Waals surface area (Å²) >= 11 is 8.31. The summed E-state index contributed by atoms with van der Waals surface area (Å²) in [7, 11) is 0. The second-order valence-corrected chi connectivity index (χ2v) is 7.19. The van der Waals surface area contributed by atoms with E-state index in [1.807, 2.05) is 0 Å². The van der Waals surface area contributed by atoms with E-state index in [1.165, 1.54) is 77.0 Å². The van der Waals surface area contributed by atoms with Crippen LogP contribution in [-0.2, 0) is 0 Å². The van der Waals surface area contributed by atoms with Crippen LogP contribution in [0.25, 0.3) is 0 Å². The average Bonchev–Trinajstić information content (AvgIpc) is 2.33. The lowest BCUT2D eigenvalue weighted by atomic mass is 10.0. The molecule has 0 N–H and O–H groups in total. The van der Waals surface area contributed by atoms with Gasteiger partial charge in [0.15, 0.2) is 0 Å². The number of alkyl halides is 2. The largest absolute Gasteiger partial charge is 0.127 e. The van der Waals surface area contributed by atoms with Crippen LogP contribution in [0.3, 0.4) is 0 Å². The molecule has 0 aliphatic heterocycles. The minimum Gasteiger partial charge on any atom is -0.127 e. The lowest BCUT2D eigenvalue weighted by molar-refractivity contribution is 0.559. The first-order valence-electron chi connectivity index (χ1n) is 7.51. The van der Waals surface area contributed by atoms with E-state index >= 15 is 0 Å². The van der Waals surface area contributed by atoms with Gasteiger partial charge in [0.25, 0.3) is 0 Å². The Hall–Kier alpha value is 1.02. The third kappa shape index (κ3) is 15.0. The van der Waals surface area contributed by atoms with Crippen molar-refractivity contribution < 1.29 is 0 Å². The summed E-state index contributed by atoms with van der Waals surface area (Å²) in [5.41, 5.74) is 0. The number of halogens is 2. The Labute approximate surface area is 127 Å². The van der Waals surface area contributed by atoms with Crippen LogP contribution < -0.4 is 0 Å². The minimum absolute atomic E-state index is 0.839. The van der Waals surface area contributed by atoms with E-state index in [2.05, 4.69) is 29.5 Å². The monoisotopic (exact) mass is 372 g/mol. The van der Waals surface area contributed by atoms with Gasteiger partial charge in [-0.25, -0.2) is 0 Å². The lowest BCUT2D eigenvalue weighted by Gasteiger charge is -2.09. The van der Waals surface area contributed by atoms with Gasteiger partial charge in [-0.1, -0.05) is 87.3 Å². The van der Waals surface area contributed by atoms with Crippen LogP contribution in [0.15, 0.2) is 0 Å². The first-order valence-corrected chi connectivity index (χ1v) is 9.29. The van der Waals surface area contributed by atoms with Gasteiger partial charge in [-0.05, 0) is 19.3 Å². The van der Waals surface area contributed by atoms with Crippen molar-refractivity contribution in [2.45, 2.75) is 87.9 Å². The van der Waals surface area contributed by atoms with Crippen molar-refractivity contribution in [2.24, 2.45) is 0 Å². The first-order chi connectivity index (χ1) is 8.31. The Morgan fingerprint density at radius 1 is 0.765 bits per heavy atom. The fourth-order valence-electron chi connectivity index (χ4n) is 2.10. The summed E-state index contributed by atoms with van der Waals surface area (Å²) in [6.07, 6.45) is 16.7. The standard InChI is InChI=1S/C15H30ClI/c1-2-3-4-5-6-9-12-15(17)13-10-7-8-11-14-16/h15H,2-14H2,1H3. The molecule has 0 heterocycles. The van der Waals surface area contributed by atoms with Gasteiger partial charge in [0.1, 0.15) is 0 Å². The Bertz CT molecular complexity index is 139. The van der Waals surface area contributed by atoms with E-state index in [-0.39, 0.29) is 0 Å². The van der Waals surface area contributed by atoms with Crippen molar-refractivity contribution in [3.63, 3.8) is 0 Å². The molecule has 0 saturated heterocycles. The zero-order valence-electron chi connectivity index (χ0n) is 11.5. The molecule has 0 bridgehead atoms. The quantitative estimate of drug-likeness (QED) is 0.191. The van der Waals surface area contributed by atoms with Crippen molar-refractivity contribution >= 4 is 34.2 Å². The van der Waals surface area contributed by atoms with Gasteiger partial charge in [-0.3, -0.25) is 0 Å². The molecule has 0 fully saturated rings. The Balaban J connectivity index is 3.09. The van der Waals surface area contributed by atoms with E-state index in [9.17, 15) is 0 Å². The average molecular weight is 373 g/mol. The van der Waals surface area contributed by atoms with Crippen molar-refractivity contribution in [1.82, 2.24) is 0 Å². The topological polar surface area (TPSA) is 0 Å². The highest BCUT2D eigenvalue weighted by atomic mass is 127. The number of unbranched alkanes of at least 4 members (excludes halogenated alkanes) is 8. The second kappa shape index (κ2) is 15.1. The normalized spacial score (nSPS) is 12.9. The molecule has 0 spiro atoms. The number of hydrogen-bond acceptors (Lipinski definition) is 0. The van der Waals surface area contributed by atoms with Crippen LogP contribution in [-0.4, -0.2) is 9.80 Å². The van der Waals surface area contributed by atoms with Gasteiger partial charge >= 0.3 is 0 Å². The predicted octanol–water partition coefficient (Wildman–Crippen LogP) is 6.73. The highest BCUT2D eigenvalue weighted by molar-refractivity contribution is 14.1. The molecular formula is C15H30ClI. The molecule has 2 heteroatoms. The molecule has 0 aromatic heterocycles. The Morgan fingerprint density at radius 3 is 1.76 bits per heavy atom. The molecule has 0 aromatic rings. The van der Waals surface area contributed by atoms with Crippen molar-refractivity contribution in [2.75, 3.05) is 5.88 Å². The van der Waals surface area contributed by atoms with Gasteiger partial charge in [-0.15, -0.1) is 11.6 Å². The van der Waals surface area contributed by atoms with E-state index in [0.717, 1.165) is 9.80 Å². The number of hydrogen-bond donors (Lipinski definition) is 0. The third-order valence-electron chi connectivity index (χ3n) is 3.27. The first kappa shape index (κ1) is 18.0. The molecule has 17 heavy (non-hydrogen) atoms. The smallest absolute Gasteiger partial charge is 0.0223 e. The third-order valence-corrected chi connectivity index (χ3v) is 4.78. The molecule has 0 amide bonds. The van der Waals surface area contributed by atoms with Crippen LogP contribution in [0.4, 0.5) is 0 Å². The molecule has 0 saturated carbocycles. The summed E-state index contributed by atoms with van der Waals surface area (Å²) in [4.78, 5) is 0. The van der Waals surface area contributed by atoms with Crippen molar-refractivity contribution in [3.05, 3.63) is 0 Å². The molecule has 1 atom stereocenters. The zero-order chi connectivity index (χ0) is 12.8. The van der Waals surface area contributed by atoms with E-state index in [0.29, 0.717) is 0 Å². The zero-order valence-corrected chi connectivity index (χ0v) is 14.4. The summed E-state index contributed by atoms with van der Waals surface area (Å²) in [5, 5.41) is 0. The molecular weight excluding hydrogens is 343 g/mol. The van der Waals surface area contributed by atoms with Gasteiger partial charge in [0.2, 0.25) is 0 Å². The molecule has 0 rings (SSSR count). The van der Waals surface area contributed by atoms with Gasteiger partial charge in [0.05, 0.1) is 0 Å².